The highest BCUT2D eigenvalue weighted by Gasteiger charge is 2.40. The molecular formula is C58H45BN2O. The summed E-state index contributed by atoms with van der Waals surface area (Å²) in [6.45, 7) is 4.69. The van der Waals surface area contributed by atoms with Gasteiger partial charge in [0.1, 0.15) is 5.75 Å². The first-order chi connectivity index (χ1) is 30.5. The summed E-state index contributed by atoms with van der Waals surface area (Å²) >= 11 is 0. The molecule has 9 aromatic carbocycles. The molecular weight excluding hydrogens is 751 g/mol. The zero-order valence-corrected chi connectivity index (χ0v) is 34.9. The first kappa shape index (κ1) is 37.4. The maximum Gasteiger partial charge on any atom is 0.396 e. The molecule has 62 heavy (non-hydrogen) atoms. The number of fused-ring (bicyclic) bond motifs is 4. The molecule has 1 aliphatic heterocycles. The molecule has 1 heterocycles. The van der Waals surface area contributed by atoms with Crippen LogP contribution in [0, 0.1) is 0 Å². The number of benzene rings is 9. The lowest BCUT2D eigenvalue weighted by atomic mass is 9.58. The van der Waals surface area contributed by atoms with Crippen LogP contribution in [-0.4, -0.2) is 6.92 Å². The minimum atomic E-state index is -0.182. The van der Waals surface area contributed by atoms with Crippen LogP contribution in [0.15, 0.2) is 224 Å². The molecule has 0 bridgehead atoms. The Morgan fingerprint density at radius 3 is 1.65 bits per heavy atom. The molecule has 0 spiro atoms. The smallest absolute Gasteiger partial charge is 0.396 e. The summed E-state index contributed by atoms with van der Waals surface area (Å²) < 4.78 is 6.81. The zero-order valence-electron chi connectivity index (χ0n) is 34.9. The van der Waals surface area contributed by atoms with Gasteiger partial charge in [0.2, 0.25) is 0 Å². The van der Waals surface area contributed by atoms with Crippen LogP contribution in [0.5, 0.6) is 5.75 Å². The predicted molar refractivity (Wildman–Crippen MR) is 260 cm³/mol. The molecule has 0 radical (unpaired) electrons. The summed E-state index contributed by atoms with van der Waals surface area (Å²) in [7, 11) is 0. The Balaban J connectivity index is 1.15. The van der Waals surface area contributed by atoms with Crippen molar-refractivity contribution >= 4 is 46.5 Å². The average Bonchev–Trinajstić information content (AvgIpc) is 3.88. The molecule has 0 saturated carbocycles. The van der Waals surface area contributed by atoms with E-state index in [4.69, 9.17) is 4.65 Å². The third-order valence-electron chi connectivity index (χ3n) is 12.8. The molecule has 0 unspecified atom stereocenters. The van der Waals surface area contributed by atoms with Crippen molar-refractivity contribution in [2.24, 2.45) is 0 Å². The minimum absolute atomic E-state index is 0.0559. The lowest BCUT2D eigenvalue weighted by Crippen LogP contribution is -2.35. The first-order valence-electron chi connectivity index (χ1n) is 21.6. The highest BCUT2D eigenvalue weighted by Crippen LogP contribution is 2.57. The number of hydrogen-bond acceptors (Lipinski definition) is 3. The quantitative estimate of drug-likeness (QED) is 0.135. The lowest BCUT2D eigenvalue weighted by Gasteiger charge is -2.32. The predicted octanol–water partition coefficient (Wildman–Crippen LogP) is 14.6. The summed E-state index contributed by atoms with van der Waals surface area (Å²) in [5, 5.41) is 0. The molecule has 4 heteroatoms. The molecule has 9 aromatic rings. The summed E-state index contributed by atoms with van der Waals surface area (Å²) in [5.41, 5.74) is 18.9. The van der Waals surface area contributed by atoms with Crippen molar-refractivity contribution in [3.8, 4) is 39.1 Å². The maximum absolute atomic E-state index is 6.81. The van der Waals surface area contributed by atoms with Crippen LogP contribution >= 0.6 is 0 Å². The number of hydrogen-bond donors (Lipinski definition) is 0. The van der Waals surface area contributed by atoms with Crippen molar-refractivity contribution in [1.82, 2.24) is 0 Å². The van der Waals surface area contributed by atoms with Gasteiger partial charge >= 0.3 is 6.92 Å². The second-order valence-corrected chi connectivity index (χ2v) is 16.8. The van der Waals surface area contributed by atoms with Crippen LogP contribution in [0.3, 0.4) is 0 Å². The Labute approximate surface area is 365 Å². The van der Waals surface area contributed by atoms with Crippen LogP contribution in [0.2, 0.25) is 0 Å². The van der Waals surface area contributed by atoms with Gasteiger partial charge in [0, 0.05) is 39.4 Å². The lowest BCUT2D eigenvalue weighted by molar-refractivity contribution is 0.601. The summed E-state index contributed by atoms with van der Waals surface area (Å²) in [6.07, 6.45) is 0.788. The monoisotopic (exact) mass is 796 g/mol. The Morgan fingerprint density at radius 1 is 0.419 bits per heavy atom. The minimum Gasteiger partial charge on any atom is -0.555 e. The Kier molecular flexibility index (Phi) is 9.35. The van der Waals surface area contributed by atoms with E-state index in [1.165, 1.54) is 50.0 Å². The van der Waals surface area contributed by atoms with Gasteiger partial charge in [0.25, 0.3) is 0 Å². The van der Waals surface area contributed by atoms with E-state index in [-0.39, 0.29) is 12.3 Å². The van der Waals surface area contributed by atoms with E-state index in [9.17, 15) is 0 Å². The molecule has 3 nitrogen and oxygen atoms in total. The Bertz CT molecular complexity index is 3000. The molecule has 0 amide bonds. The van der Waals surface area contributed by atoms with Crippen LogP contribution in [0.1, 0.15) is 30.5 Å². The van der Waals surface area contributed by atoms with Gasteiger partial charge in [-0.3, -0.25) is 0 Å². The zero-order chi connectivity index (χ0) is 41.6. The average molecular weight is 797 g/mol. The van der Waals surface area contributed by atoms with Crippen molar-refractivity contribution in [2.75, 3.05) is 9.80 Å². The van der Waals surface area contributed by atoms with E-state index in [0.717, 1.165) is 51.8 Å². The standard InChI is InChI=1S/C58H45BN2O/c1-58(2)52-31-16-15-29-50(52)56-53(58)37-38-54(57(56)49-30-18-32-55-51(49)40-59(62-55)43-22-9-4-10-23-43)61(48-28-17-21-42(39-48)41-19-7-3-8-20-41)47-35-33-46(34-36-47)60(44-24-11-5-12-25-44)45-26-13-6-14-27-45/h3-39H,40H2,1-2H3. The maximum atomic E-state index is 6.81. The van der Waals surface area contributed by atoms with E-state index in [1.54, 1.807) is 0 Å². The van der Waals surface area contributed by atoms with Crippen molar-refractivity contribution < 1.29 is 4.65 Å². The number of para-hydroxylation sites is 2. The van der Waals surface area contributed by atoms with E-state index in [1.807, 2.05) is 0 Å². The first-order valence-corrected chi connectivity index (χ1v) is 21.6. The molecule has 1 aliphatic carbocycles. The molecule has 0 fully saturated rings. The summed E-state index contributed by atoms with van der Waals surface area (Å²) in [4.78, 5) is 4.79. The molecule has 0 N–H and O–H groups in total. The van der Waals surface area contributed by atoms with Crippen LogP contribution in [0.25, 0.3) is 33.4 Å². The van der Waals surface area contributed by atoms with E-state index >= 15 is 0 Å². The van der Waals surface area contributed by atoms with Crippen LogP contribution in [0.4, 0.5) is 34.1 Å². The Hall–Kier alpha value is -7.56. The van der Waals surface area contributed by atoms with Gasteiger partial charge < -0.3 is 14.5 Å². The third-order valence-corrected chi connectivity index (χ3v) is 12.8. The molecule has 0 atom stereocenters. The Morgan fingerprint density at radius 2 is 0.952 bits per heavy atom. The highest BCUT2D eigenvalue weighted by atomic mass is 16.4. The SMILES string of the molecule is CC1(C)c2ccccc2-c2c1ccc(N(c1ccc(N(c3ccccc3)c3ccccc3)cc1)c1cccc(-c3ccccc3)c1)c2-c1cccc2c1CB(c1ccccc1)O2. The highest BCUT2D eigenvalue weighted by molar-refractivity contribution is 6.68. The second kappa shape index (κ2) is 15.5. The van der Waals surface area contributed by atoms with Crippen molar-refractivity contribution in [1.29, 1.82) is 0 Å². The van der Waals surface area contributed by atoms with Gasteiger partial charge in [0.15, 0.2) is 0 Å². The summed E-state index contributed by atoms with van der Waals surface area (Å²) in [5.74, 6) is 0.953. The number of rotatable bonds is 9. The van der Waals surface area contributed by atoms with E-state index in [2.05, 4.69) is 248 Å². The third kappa shape index (κ3) is 6.47. The van der Waals surface area contributed by atoms with Crippen molar-refractivity contribution in [2.45, 2.75) is 25.6 Å². The van der Waals surface area contributed by atoms with Gasteiger partial charge in [-0.25, -0.2) is 0 Å². The van der Waals surface area contributed by atoms with Gasteiger partial charge in [0.05, 0.1) is 5.69 Å². The van der Waals surface area contributed by atoms with Crippen LogP contribution < -0.4 is 19.9 Å². The topological polar surface area (TPSA) is 15.7 Å². The largest absolute Gasteiger partial charge is 0.555 e. The molecule has 0 saturated heterocycles. The van der Waals surface area contributed by atoms with Crippen LogP contribution in [-0.2, 0) is 11.7 Å². The van der Waals surface area contributed by atoms with Gasteiger partial charge in [-0.15, -0.1) is 0 Å². The van der Waals surface area contributed by atoms with Crippen molar-refractivity contribution in [3.63, 3.8) is 0 Å². The van der Waals surface area contributed by atoms with E-state index < -0.39 is 0 Å². The number of nitrogens with zero attached hydrogens (tertiary/aromatic N) is 2. The fourth-order valence-electron chi connectivity index (χ4n) is 9.83. The second-order valence-electron chi connectivity index (χ2n) is 16.8. The van der Waals surface area contributed by atoms with Crippen molar-refractivity contribution in [3.05, 3.63) is 241 Å². The normalized spacial score (nSPS) is 13.2. The molecule has 2 aliphatic rings. The van der Waals surface area contributed by atoms with Gasteiger partial charge in [-0.2, -0.15) is 0 Å². The molecule has 0 aromatic heterocycles. The van der Waals surface area contributed by atoms with Gasteiger partial charge in [-0.1, -0.05) is 166 Å². The fourth-order valence-corrected chi connectivity index (χ4v) is 9.83. The molecule has 296 valence electrons. The fraction of sp³-hybridized carbons (Fsp3) is 0.0690. The summed E-state index contributed by atoms with van der Waals surface area (Å²) in [6, 6.07) is 81.0. The van der Waals surface area contributed by atoms with Gasteiger partial charge in [-0.05, 0) is 129 Å². The number of anilines is 6. The van der Waals surface area contributed by atoms with E-state index in [0.29, 0.717) is 0 Å². The molecule has 11 rings (SSSR count).